The second kappa shape index (κ2) is 4.48. The van der Waals surface area contributed by atoms with Crippen molar-refractivity contribution in [1.29, 1.82) is 0 Å². The zero-order chi connectivity index (χ0) is 10.8. The van der Waals surface area contributed by atoms with Crippen LogP contribution in [0.3, 0.4) is 0 Å². The zero-order valence-corrected chi connectivity index (χ0v) is 11.7. The molecule has 1 heterocycles. The Morgan fingerprint density at radius 3 is 2.50 bits per heavy atom. The highest BCUT2D eigenvalue weighted by atomic mass is 79.9. The summed E-state index contributed by atoms with van der Waals surface area (Å²) in [4.78, 5) is 4.14. The molecule has 0 aromatic carbocycles. The summed E-state index contributed by atoms with van der Waals surface area (Å²) in [6.45, 7) is 6.58. The summed E-state index contributed by atoms with van der Waals surface area (Å²) in [6.07, 6.45) is 0. The summed E-state index contributed by atoms with van der Waals surface area (Å²) < 4.78 is 0.803. The van der Waals surface area contributed by atoms with Crippen molar-refractivity contribution in [3.05, 3.63) is 27.5 Å². The molecule has 0 aliphatic carbocycles. The van der Waals surface area contributed by atoms with Gasteiger partial charge in [0.2, 0.25) is 0 Å². The van der Waals surface area contributed by atoms with Crippen molar-refractivity contribution in [1.82, 2.24) is 4.98 Å². The molecule has 0 aliphatic rings. The largest absolute Gasteiger partial charge is 0.226 e. The summed E-state index contributed by atoms with van der Waals surface area (Å²) in [5.74, 6) is 3.05. The molecule has 1 rings (SSSR count). The summed E-state index contributed by atoms with van der Waals surface area (Å²) in [5, 5.41) is 0.465. The van der Waals surface area contributed by atoms with Crippen molar-refractivity contribution >= 4 is 35.6 Å². The van der Waals surface area contributed by atoms with E-state index in [1.54, 1.807) is 0 Å². The normalized spacial score (nSPS) is 10.6. The van der Waals surface area contributed by atoms with E-state index in [9.17, 15) is 0 Å². The molecule has 14 heavy (non-hydrogen) atoms. The van der Waals surface area contributed by atoms with Gasteiger partial charge in [0, 0.05) is 0 Å². The van der Waals surface area contributed by atoms with Gasteiger partial charge in [-0.2, -0.15) is 0 Å². The zero-order valence-electron chi connectivity index (χ0n) is 8.36. The van der Waals surface area contributed by atoms with Crippen LogP contribution in [-0.2, 0) is 0 Å². The van der Waals surface area contributed by atoms with Gasteiger partial charge >= 0.3 is 0 Å². The number of hydrogen-bond donors (Lipinski definition) is 0. The lowest BCUT2D eigenvalue weighted by Crippen LogP contribution is -2.16. The topological polar surface area (TPSA) is 12.9 Å². The maximum Gasteiger partial charge on any atom is 0.144 e. The fourth-order valence-electron chi connectivity index (χ4n) is 0.738. The molecule has 0 amide bonds. The van der Waals surface area contributed by atoms with Crippen LogP contribution >= 0.6 is 27.5 Å². The second-order valence-corrected chi connectivity index (χ2v) is 9.93. The standard InChI is InChI=1S/C10H11BrClNSi/c1-14(2,3)7-6-8-4-5-9(11)10(12)13-8/h4-5H,1-3H3. The van der Waals surface area contributed by atoms with Crippen LogP contribution in [0.5, 0.6) is 0 Å². The maximum atomic E-state index is 5.85. The molecule has 0 radical (unpaired) electrons. The third kappa shape index (κ3) is 3.83. The molecule has 74 valence electrons. The molecule has 0 aliphatic heterocycles. The maximum absolute atomic E-state index is 5.85. The molecule has 1 aromatic rings. The van der Waals surface area contributed by atoms with Crippen LogP contribution in [0.15, 0.2) is 16.6 Å². The Hall–Kier alpha value is -0.303. The summed E-state index contributed by atoms with van der Waals surface area (Å²) >= 11 is 9.14. The van der Waals surface area contributed by atoms with E-state index < -0.39 is 8.07 Å². The number of hydrogen-bond acceptors (Lipinski definition) is 1. The van der Waals surface area contributed by atoms with Gasteiger partial charge in [0.25, 0.3) is 0 Å². The minimum absolute atomic E-state index is 0.465. The van der Waals surface area contributed by atoms with E-state index in [1.165, 1.54) is 0 Å². The molecule has 0 saturated carbocycles. The van der Waals surface area contributed by atoms with Gasteiger partial charge in [-0.05, 0) is 28.1 Å². The molecule has 0 N–H and O–H groups in total. The van der Waals surface area contributed by atoms with E-state index in [2.05, 4.69) is 52.0 Å². The monoisotopic (exact) mass is 287 g/mol. The number of rotatable bonds is 0. The molecular weight excluding hydrogens is 278 g/mol. The van der Waals surface area contributed by atoms with Crippen molar-refractivity contribution < 1.29 is 0 Å². The minimum Gasteiger partial charge on any atom is -0.226 e. The first-order valence-corrected chi connectivity index (χ1v) is 8.91. The van der Waals surface area contributed by atoms with Gasteiger partial charge in [-0.25, -0.2) is 4.98 Å². The SMILES string of the molecule is C[Si](C)(C)C#Cc1ccc(Br)c(Cl)n1. The van der Waals surface area contributed by atoms with E-state index in [1.807, 2.05) is 12.1 Å². The Kier molecular flexibility index (Phi) is 3.76. The van der Waals surface area contributed by atoms with Crippen molar-refractivity contribution in [3.8, 4) is 11.5 Å². The van der Waals surface area contributed by atoms with Gasteiger partial charge in [0.15, 0.2) is 0 Å². The van der Waals surface area contributed by atoms with Gasteiger partial charge < -0.3 is 0 Å². The number of halogens is 2. The Bertz CT molecular complexity index is 401. The van der Waals surface area contributed by atoms with E-state index in [0.29, 0.717) is 5.15 Å². The van der Waals surface area contributed by atoms with Crippen LogP contribution in [0, 0.1) is 11.5 Å². The quantitative estimate of drug-likeness (QED) is 0.403. The third-order valence-corrected chi connectivity index (χ3v) is 3.40. The predicted molar refractivity (Wildman–Crippen MR) is 67.2 cm³/mol. The third-order valence-electron chi connectivity index (χ3n) is 1.37. The predicted octanol–water partition coefficient (Wildman–Crippen LogP) is 3.73. The Labute approximate surface area is 99.0 Å². The molecule has 1 nitrogen and oxygen atoms in total. The van der Waals surface area contributed by atoms with Crippen molar-refractivity contribution in [3.63, 3.8) is 0 Å². The van der Waals surface area contributed by atoms with Gasteiger partial charge in [0.05, 0.1) is 4.47 Å². The fourth-order valence-corrected chi connectivity index (χ4v) is 1.62. The molecule has 0 spiro atoms. The Balaban J connectivity index is 2.98. The fraction of sp³-hybridized carbons (Fsp3) is 0.300. The van der Waals surface area contributed by atoms with Gasteiger partial charge in [-0.3, -0.25) is 0 Å². The lowest BCUT2D eigenvalue weighted by molar-refractivity contribution is 1.27. The number of aromatic nitrogens is 1. The van der Waals surface area contributed by atoms with E-state index in [0.717, 1.165) is 10.2 Å². The highest BCUT2D eigenvalue weighted by Gasteiger charge is 2.07. The summed E-state index contributed by atoms with van der Waals surface area (Å²) in [7, 11) is -1.33. The van der Waals surface area contributed by atoms with E-state index in [4.69, 9.17) is 11.6 Å². The van der Waals surface area contributed by atoms with Gasteiger partial charge in [-0.1, -0.05) is 37.2 Å². The van der Waals surface area contributed by atoms with Crippen molar-refractivity contribution in [2.45, 2.75) is 19.6 Å². The van der Waals surface area contributed by atoms with Crippen LogP contribution in [0.4, 0.5) is 0 Å². The highest BCUT2D eigenvalue weighted by Crippen LogP contribution is 2.19. The van der Waals surface area contributed by atoms with Crippen LogP contribution in [0.1, 0.15) is 5.69 Å². The molecule has 0 unspecified atom stereocenters. The molecular formula is C10H11BrClNSi. The Morgan fingerprint density at radius 1 is 1.36 bits per heavy atom. The molecule has 0 fully saturated rings. The molecule has 0 bridgehead atoms. The summed E-state index contributed by atoms with van der Waals surface area (Å²) in [5.41, 5.74) is 3.97. The van der Waals surface area contributed by atoms with E-state index in [-0.39, 0.29) is 0 Å². The van der Waals surface area contributed by atoms with Crippen LogP contribution in [0.2, 0.25) is 24.8 Å². The lowest BCUT2D eigenvalue weighted by atomic mass is 10.4. The van der Waals surface area contributed by atoms with Crippen molar-refractivity contribution in [2.24, 2.45) is 0 Å². The molecule has 0 atom stereocenters. The van der Waals surface area contributed by atoms with Gasteiger partial charge in [-0.15, -0.1) is 5.54 Å². The first-order chi connectivity index (χ1) is 6.38. The molecule has 4 heteroatoms. The highest BCUT2D eigenvalue weighted by molar-refractivity contribution is 9.10. The summed E-state index contributed by atoms with van der Waals surface area (Å²) in [6, 6.07) is 3.73. The molecule has 1 aromatic heterocycles. The number of pyridine rings is 1. The first kappa shape index (κ1) is 11.8. The molecule has 0 saturated heterocycles. The minimum atomic E-state index is -1.33. The van der Waals surface area contributed by atoms with Crippen molar-refractivity contribution in [2.75, 3.05) is 0 Å². The number of nitrogens with zero attached hydrogens (tertiary/aromatic N) is 1. The van der Waals surface area contributed by atoms with Gasteiger partial charge in [0.1, 0.15) is 18.9 Å². The average molecular weight is 289 g/mol. The second-order valence-electron chi connectivity index (χ2n) is 3.97. The van der Waals surface area contributed by atoms with Crippen LogP contribution in [0.25, 0.3) is 0 Å². The first-order valence-electron chi connectivity index (χ1n) is 4.24. The smallest absolute Gasteiger partial charge is 0.144 e. The Morgan fingerprint density at radius 2 is 2.00 bits per heavy atom. The van der Waals surface area contributed by atoms with Crippen LogP contribution < -0.4 is 0 Å². The lowest BCUT2D eigenvalue weighted by Gasteiger charge is -2.03. The van der Waals surface area contributed by atoms with E-state index >= 15 is 0 Å². The van der Waals surface area contributed by atoms with Crippen LogP contribution in [-0.4, -0.2) is 13.1 Å². The average Bonchev–Trinajstić information content (AvgIpc) is 2.06.